The highest BCUT2D eigenvalue weighted by Gasteiger charge is 2.49. The van der Waals surface area contributed by atoms with Crippen molar-refractivity contribution in [2.24, 2.45) is 47.3 Å². The van der Waals surface area contributed by atoms with Crippen LogP contribution in [0.1, 0.15) is 187 Å². The Morgan fingerprint density at radius 1 is 0.331 bits per heavy atom. The fourth-order valence-electron chi connectivity index (χ4n) is 14.4. The van der Waals surface area contributed by atoms with Gasteiger partial charge in [-0.25, -0.2) is 0 Å². The van der Waals surface area contributed by atoms with Crippen molar-refractivity contribution in [1.29, 1.82) is 0 Å². The number of rotatable bonds is 46. The molecule has 0 aliphatic heterocycles. The first-order chi connectivity index (χ1) is 57.9. The van der Waals surface area contributed by atoms with Crippen LogP contribution in [0.2, 0.25) is 72.5 Å². The average molecular weight is 1790 g/mol. The van der Waals surface area contributed by atoms with Crippen LogP contribution in [0.3, 0.4) is 0 Å². The van der Waals surface area contributed by atoms with Gasteiger partial charge in [-0.1, -0.05) is 254 Å². The number of hydrogen-bond donors (Lipinski definition) is 0. The normalized spacial score (nSPS) is 16.2. The molecular weight excluding hydrogens is 1620 g/mol. The molecule has 0 amide bonds. The second kappa shape index (κ2) is 49.8. The van der Waals surface area contributed by atoms with Crippen molar-refractivity contribution in [2.45, 2.75) is 301 Å². The lowest BCUT2D eigenvalue weighted by atomic mass is 9.87. The molecule has 0 N–H and O–H groups in total. The van der Waals surface area contributed by atoms with Crippen molar-refractivity contribution >= 4 is 62.7 Å². The van der Waals surface area contributed by atoms with Gasteiger partial charge >= 0.3 is 0 Å². The van der Waals surface area contributed by atoms with Gasteiger partial charge in [-0.2, -0.15) is 0 Å². The van der Waals surface area contributed by atoms with Gasteiger partial charge in [0.2, 0.25) is 0 Å². The predicted octanol–water partition coefficient (Wildman–Crippen LogP) is 26.8. The fraction of sp³-hybridized carbons (Fsp3) is 0.575. The van der Waals surface area contributed by atoms with Crippen LogP contribution >= 0.6 is 7.26 Å². The van der Waals surface area contributed by atoms with E-state index in [2.05, 4.69) is 337 Å². The Morgan fingerprint density at radius 3 is 0.871 bits per heavy atom. The van der Waals surface area contributed by atoms with Gasteiger partial charge in [0, 0.05) is 29.6 Å². The Morgan fingerprint density at radius 2 is 0.597 bits per heavy atom. The number of ether oxygens (including phenoxy) is 8. The summed E-state index contributed by atoms with van der Waals surface area (Å²) in [6, 6.07) is 66.0. The molecule has 0 aliphatic rings. The highest BCUT2D eigenvalue weighted by Crippen LogP contribution is 2.57. The molecule has 0 spiro atoms. The number of carbonyl (C=O) groups excluding carboxylic acids is 1. The van der Waals surface area contributed by atoms with Crippen LogP contribution in [0.5, 0.6) is 23.0 Å². The molecule has 13 nitrogen and oxygen atoms in total. The quantitative estimate of drug-likeness (QED) is 0.0156. The van der Waals surface area contributed by atoms with E-state index in [1.807, 2.05) is 67.6 Å². The maximum absolute atomic E-state index is 11.4. The first-order valence-corrected chi connectivity index (χ1v) is 59.3. The maximum atomic E-state index is 11.4. The van der Waals surface area contributed by atoms with Crippen molar-refractivity contribution in [1.82, 2.24) is 0 Å². The van der Waals surface area contributed by atoms with E-state index < -0.39 is 40.5 Å². The number of benzene rings is 7. The third kappa shape index (κ3) is 33.0. The van der Waals surface area contributed by atoms with E-state index >= 15 is 0 Å². The molecule has 0 radical (unpaired) electrons. The summed E-state index contributed by atoms with van der Waals surface area (Å²) >= 11 is 0. The van der Waals surface area contributed by atoms with Crippen LogP contribution in [0.4, 0.5) is 0 Å². The third-order valence-corrected chi connectivity index (χ3v) is 49.7. The van der Waals surface area contributed by atoms with Gasteiger partial charge < -0.3 is 60.4 Å². The second-order valence-electron chi connectivity index (χ2n) is 41.3. The zero-order valence-corrected chi connectivity index (χ0v) is 88.2. The van der Waals surface area contributed by atoms with Crippen LogP contribution < -0.4 is 34.9 Å². The SMILES string of the molecule is COc1ccc(COC(C)C(C)C(O[Si](C)(C)C(C)(C)C)C(C)CC[P+](c2ccccc2)(c2ccccc2)c2ccccc2)cc1.COc1ccc(COCC(C)C(O[Si](C)(C)C(C)(C)C)C(C)/C=C\CC(C)C(O[Si](C)(C)C(C)(C)C)C(C)C(C)OCc2ccc(OC)cc2)cc1.COc1ccc(COCC(C)C(O[Si](C)(C)C(C)(C)C)C(C)C=O)cc1. The van der Waals surface area contributed by atoms with Crippen molar-refractivity contribution in [3.8, 4) is 23.0 Å². The number of methoxy groups -OCH3 is 4. The lowest BCUT2D eigenvalue weighted by Crippen LogP contribution is -2.49. The molecule has 0 heterocycles. The standard InChI is InChI=1S/C44H76O6Si2.C41H56O3PSi.C21H36O4Si/c1-32(41(49-51(14,15)43(6,7)8)34(3)29-47-30-37-21-25-39(45-12)26-22-37)19-18-20-33(2)42(50-52(16,17)44(9,10)11)35(4)36(5)48-31-38-23-27-40(46-13)28-24-38;1-32(29-30-45(37-19-13-10-14-20-37,38-21-15-11-16-22-38)39-23-17-12-18-24-39)40(44-46(8,9)41(4,5)6)33(2)34(3)43-31-35-25-27-36(42-7)28-26-35;1-16(13-22)20(25-26(7,8)21(3,4)5)17(2)14-24-15-18-9-11-19(23-6)12-10-18/h18-19,21-28,32-36,41-42H,20,29-31H2,1-17H3;10-28,32-34,40H,29-31H2,1-9H3;9-13,16-17,20H,14-15H2,1-8H3/q;+1;/b19-18-;;. The summed E-state index contributed by atoms with van der Waals surface area (Å²) in [6.45, 7) is 72.1. The molecule has 7 rings (SSSR count). The summed E-state index contributed by atoms with van der Waals surface area (Å²) in [5.74, 6) is 4.94. The number of carbonyl (C=O) groups is 1. The molecule has 0 saturated heterocycles. The van der Waals surface area contributed by atoms with Gasteiger partial charge in [-0.15, -0.1) is 0 Å². The minimum Gasteiger partial charge on any atom is -0.497 e. The lowest BCUT2D eigenvalue weighted by molar-refractivity contribution is -0.114. The Balaban J connectivity index is 0.000000348. The molecule has 0 aromatic heterocycles. The van der Waals surface area contributed by atoms with Crippen molar-refractivity contribution < 1.29 is 60.4 Å². The molecule has 0 bridgehead atoms. The van der Waals surface area contributed by atoms with E-state index in [4.69, 9.17) is 55.6 Å². The van der Waals surface area contributed by atoms with Crippen LogP contribution in [0, 0.1) is 47.3 Å². The van der Waals surface area contributed by atoms with E-state index in [-0.39, 0.29) is 92.3 Å². The summed E-state index contributed by atoms with van der Waals surface area (Å²) in [6.07, 6.45) is 8.96. The minimum atomic E-state index is -2.06. The largest absolute Gasteiger partial charge is 0.497 e. The van der Waals surface area contributed by atoms with E-state index in [9.17, 15) is 4.79 Å². The third-order valence-electron chi connectivity index (χ3n) is 27.4. The topological polar surface area (TPSA) is 128 Å². The summed E-state index contributed by atoms with van der Waals surface area (Å²) in [5, 5.41) is 4.76. The van der Waals surface area contributed by atoms with Gasteiger partial charge in [0.25, 0.3) is 0 Å². The van der Waals surface area contributed by atoms with Crippen LogP contribution in [0.15, 0.2) is 200 Å². The van der Waals surface area contributed by atoms with Gasteiger partial charge in [-0.05, 0) is 224 Å². The molecule has 0 fully saturated rings. The Labute approximate surface area is 759 Å². The van der Waals surface area contributed by atoms with E-state index in [1.165, 1.54) is 15.9 Å². The zero-order valence-electron chi connectivity index (χ0n) is 83.3. The van der Waals surface area contributed by atoms with Gasteiger partial charge in [0.05, 0.1) is 111 Å². The number of aldehydes is 1. The van der Waals surface area contributed by atoms with E-state index in [1.54, 1.807) is 28.4 Å². The van der Waals surface area contributed by atoms with Crippen LogP contribution in [-0.4, -0.2) is 124 Å². The predicted molar refractivity (Wildman–Crippen MR) is 536 cm³/mol. The summed E-state index contributed by atoms with van der Waals surface area (Å²) in [7, 11) is -3.29. The highest BCUT2D eigenvalue weighted by atomic mass is 31.2. The molecular formula is C106H168O13PSi4+. The summed E-state index contributed by atoms with van der Waals surface area (Å²) in [5.41, 5.74) is 4.53. The van der Waals surface area contributed by atoms with E-state index in [0.29, 0.717) is 51.5 Å². The Bertz CT molecular complexity index is 4040. The molecule has 7 aromatic carbocycles. The molecule has 14 unspecified atom stereocenters. The van der Waals surface area contributed by atoms with Crippen molar-refractivity contribution in [3.63, 3.8) is 0 Å². The molecule has 690 valence electrons. The van der Waals surface area contributed by atoms with Gasteiger partial charge in [-0.3, -0.25) is 0 Å². The smallest absolute Gasteiger partial charge is 0.192 e. The zero-order chi connectivity index (χ0) is 92.8. The Kier molecular flexibility index (Phi) is 43.6. The van der Waals surface area contributed by atoms with Gasteiger partial charge in [0.1, 0.15) is 52.5 Å². The average Bonchev–Trinajstić information content (AvgIpc) is 0.754. The second-order valence-corrected chi connectivity index (χ2v) is 63.9. The maximum Gasteiger partial charge on any atom is 0.192 e. The fourth-order valence-corrected chi connectivity index (χ4v) is 24.8. The molecule has 18 heteroatoms. The monoisotopic (exact) mass is 1790 g/mol. The summed E-state index contributed by atoms with van der Waals surface area (Å²) < 4.78 is 74.7. The first kappa shape index (κ1) is 109. The highest BCUT2D eigenvalue weighted by molar-refractivity contribution is 7.95. The lowest BCUT2D eigenvalue weighted by Gasteiger charge is -2.44. The summed E-state index contributed by atoms with van der Waals surface area (Å²) in [4.78, 5) is 11.4. The minimum absolute atomic E-state index is 0.0309. The van der Waals surface area contributed by atoms with Crippen molar-refractivity contribution in [3.05, 3.63) is 222 Å². The molecule has 7 aromatic rings. The van der Waals surface area contributed by atoms with E-state index in [0.717, 1.165) is 70.5 Å². The molecule has 14 atom stereocenters. The first-order valence-electron chi connectivity index (χ1n) is 45.7. The molecule has 0 aliphatic carbocycles. The van der Waals surface area contributed by atoms with Crippen LogP contribution in [0.25, 0.3) is 0 Å². The molecule has 0 saturated carbocycles. The Hall–Kier alpha value is -5.87. The number of hydrogen-bond acceptors (Lipinski definition) is 13. The molecule has 124 heavy (non-hydrogen) atoms. The van der Waals surface area contributed by atoms with Crippen LogP contribution in [-0.2, 0) is 67.9 Å². The van der Waals surface area contributed by atoms with Crippen molar-refractivity contribution in [2.75, 3.05) is 47.8 Å². The van der Waals surface area contributed by atoms with Gasteiger partial charge in [0.15, 0.2) is 33.3 Å². The number of allylic oxidation sites excluding steroid dienone is 1.